The number of nitrogens with zero attached hydrogens (tertiary/aromatic N) is 3. The summed E-state index contributed by atoms with van der Waals surface area (Å²) in [6, 6.07) is 3.21. The van der Waals surface area contributed by atoms with Crippen LogP contribution in [0.3, 0.4) is 0 Å². The van der Waals surface area contributed by atoms with Crippen LogP contribution in [0, 0.1) is 17.6 Å². The van der Waals surface area contributed by atoms with Crippen molar-refractivity contribution >= 4 is 17.4 Å². The van der Waals surface area contributed by atoms with E-state index in [9.17, 15) is 13.6 Å². The zero-order chi connectivity index (χ0) is 17.1. The van der Waals surface area contributed by atoms with E-state index in [0.29, 0.717) is 5.92 Å². The predicted octanol–water partition coefficient (Wildman–Crippen LogP) is 3.37. The summed E-state index contributed by atoms with van der Waals surface area (Å²) >= 11 is 0. The van der Waals surface area contributed by atoms with Gasteiger partial charge >= 0.3 is 0 Å². The number of carbonyl (C=O) groups is 1. The molecule has 126 valence electrons. The average molecular weight is 332 g/mol. The highest BCUT2D eigenvalue weighted by Crippen LogP contribution is 2.20. The number of piperidine rings is 1. The van der Waals surface area contributed by atoms with Crippen LogP contribution < -0.4 is 5.32 Å². The number of hydrogen-bond donors (Lipinski definition) is 1. The molecular weight excluding hydrogens is 314 g/mol. The number of amides is 1. The van der Waals surface area contributed by atoms with E-state index in [1.54, 1.807) is 4.90 Å². The Balaban J connectivity index is 1.68. The number of benzene rings is 1. The van der Waals surface area contributed by atoms with E-state index in [1.165, 1.54) is 18.5 Å². The molecule has 3 rings (SSSR count). The highest BCUT2D eigenvalue weighted by molar-refractivity contribution is 5.92. The van der Waals surface area contributed by atoms with E-state index < -0.39 is 11.6 Å². The first kappa shape index (κ1) is 16.3. The molecule has 0 spiro atoms. The van der Waals surface area contributed by atoms with Crippen LogP contribution in [0.5, 0.6) is 0 Å². The first-order valence-electron chi connectivity index (χ1n) is 7.86. The van der Waals surface area contributed by atoms with E-state index in [2.05, 4.69) is 22.2 Å². The Hall–Kier alpha value is -2.57. The van der Waals surface area contributed by atoms with Crippen molar-refractivity contribution in [2.45, 2.75) is 19.8 Å². The van der Waals surface area contributed by atoms with Crippen molar-refractivity contribution in [3.8, 4) is 0 Å². The van der Waals surface area contributed by atoms with Crippen molar-refractivity contribution in [2.75, 3.05) is 18.4 Å². The highest BCUT2D eigenvalue weighted by atomic mass is 19.1. The summed E-state index contributed by atoms with van der Waals surface area (Å²) in [6.07, 6.45) is 4.71. The topological polar surface area (TPSA) is 58.1 Å². The van der Waals surface area contributed by atoms with Gasteiger partial charge in [0.15, 0.2) is 0 Å². The molecule has 1 amide bonds. The van der Waals surface area contributed by atoms with Gasteiger partial charge in [0.1, 0.15) is 23.1 Å². The summed E-state index contributed by atoms with van der Waals surface area (Å²) < 4.78 is 26.5. The van der Waals surface area contributed by atoms with Crippen molar-refractivity contribution in [3.63, 3.8) is 0 Å². The van der Waals surface area contributed by atoms with Gasteiger partial charge in [-0.3, -0.25) is 4.79 Å². The molecule has 0 aliphatic carbocycles. The van der Waals surface area contributed by atoms with Crippen molar-refractivity contribution in [1.29, 1.82) is 0 Å². The number of anilines is 2. The summed E-state index contributed by atoms with van der Waals surface area (Å²) in [5.41, 5.74) is 0.351. The number of carbonyl (C=O) groups excluding carboxylic acids is 1. The van der Waals surface area contributed by atoms with E-state index in [4.69, 9.17) is 0 Å². The smallest absolute Gasteiger partial charge is 0.274 e. The molecule has 1 aliphatic heterocycles. The molecule has 2 aromatic rings. The SMILES string of the molecule is CC1CCN(C(=O)c2cnc(Nc3ccc(F)cc3F)cn2)CC1. The first-order chi connectivity index (χ1) is 11.5. The zero-order valence-corrected chi connectivity index (χ0v) is 13.3. The van der Waals surface area contributed by atoms with E-state index >= 15 is 0 Å². The standard InChI is InChI=1S/C17H18F2N4O/c1-11-4-6-23(7-5-11)17(24)15-9-21-16(10-20-15)22-14-3-2-12(18)8-13(14)19/h2-3,8-11H,4-7H2,1H3,(H,21,22). The van der Waals surface area contributed by atoms with Crippen molar-refractivity contribution < 1.29 is 13.6 Å². The summed E-state index contributed by atoms with van der Waals surface area (Å²) in [5, 5.41) is 2.71. The summed E-state index contributed by atoms with van der Waals surface area (Å²) in [4.78, 5) is 22.3. The maximum atomic E-state index is 13.6. The van der Waals surface area contributed by atoms with Crippen LogP contribution in [0.4, 0.5) is 20.3 Å². The maximum Gasteiger partial charge on any atom is 0.274 e. The van der Waals surface area contributed by atoms with Gasteiger partial charge in [0.25, 0.3) is 5.91 Å². The lowest BCUT2D eigenvalue weighted by atomic mass is 9.99. The van der Waals surface area contributed by atoms with Crippen LogP contribution in [0.25, 0.3) is 0 Å². The van der Waals surface area contributed by atoms with Gasteiger partial charge in [-0.25, -0.2) is 18.7 Å². The monoisotopic (exact) mass is 332 g/mol. The van der Waals surface area contributed by atoms with E-state index in [0.717, 1.165) is 38.1 Å². The lowest BCUT2D eigenvalue weighted by Crippen LogP contribution is -2.38. The minimum absolute atomic E-state index is 0.0924. The molecule has 1 saturated heterocycles. The molecule has 1 N–H and O–H groups in total. The van der Waals surface area contributed by atoms with Gasteiger partial charge in [-0.2, -0.15) is 0 Å². The number of likely N-dealkylation sites (tertiary alicyclic amines) is 1. The fourth-order valence-corrected chi connectivity index (χ4v) is 2.61. The van der Waals surface area contributed by atoms with Crippen molar-refractivity contribution in [2.24, 2.45) is 5.92 Å². The fourth-order valence-electron chi connectivity index (χ4n) is 2.61. The number of nitrogens with one attached hydrogen (secondary N) is 1. The molecule has 0 atom stereocenters. The predicted molar refractivity (Wildman–Crippen MR) is 86.0 cm³/mol. The zero-order valence-electron chi connectivity index (χ0n) is 13.3. The van der Waals surface area contributed by atoms with Crippen molar-refractivity contribution in [3.05, 3.63) is 47.9 Å². The molecule has 0 radical (unpaired) electrons. The highest BCUT2D eigenvalue weighted by Gasteiger charge is 2.22. The quantitative estimate of drug-likeness (QED) is 0.936. The van der Waals surface area contributed by atoms with Crippen LogP contribution in [-0.4, -0.2) is 33.9 Å². The molecule has 5 nitrogen and oxygen atoms in total. The molecule has 1 aromatic carbocycles. The molecule has 2 heterocycles. The van der Waals surface area contributed by atoms with Gasteiger partial charge in [-0.1, -0.05) is 6.92 Å². The third-order valence-electron chi connectivity index (χ3n) is 4.14. The summed E-state index contributed by atoms with van der Waals surface area (Å²) in [7, 11) is 0. The Morgan fingerprint density at radius 1 is 1.21 bits per heavy atom. The number of rotatable bonds is 3. The van der Waals surface area contributed by atoms with Gasteiger partial charge in [0.2, 0.25) is 0 Å². The molecule has 1 aliphatic rings. The Bertz CT molecular complexity index is 728. The fraction of sp³-hybridized carbons (Fsp3) is 0.353. The molecule has 1 aromatic heterocycles. The third kappa shape index (κ3) is 3.67. The van der Waals surface area contributed by atoms with Crippen LogP contribution in [0.2, 0.25) is 0 Å². The lowest BCUT2D eigenvalue weighted by molar-refractivity contribution is 0.0691. The van der Waals surface area contributed by atoms with Gasteiger partial charge in [0.05, 0.1) is 18.1 Å². The lowest BCUT2D eigenvalue weighted by Gasteiger charge is -2.29. The normalized spacial score (nSPS) is 15.4. The van der Waals surface area contributed by atoms with Crippen molar-refractivity contribution in [1.82, 2.24) is 14.9 Å². The average Bonchev–Trinajstić information content (AvgIpc) is 2.58. The molecular formula is C17H18F2N4O. The minimum atomic E-state index is -0.723. The Kier molecular flexibility index (Phi) is 4.69. The van der Waals surface area contributed by atoms with E-state index in [1.807, 2.05) is 0 Å². The number of hydrogen-bond acceptors (Lipinski definition) is 4. The van der Waals surface area contributed by atoms with Gasteiger partial charge in [0, 0.05) is 19.2 Å². The van der Waals surface area contributed by atoms with Crippen LogP contribution in [0.15, 0.2) is 30.6 Å². The molecule has 24 heavy (non-hydrogen) atoms. The van der Waals surface area contributed by atoms with E-state index in [-0.39, 0.29) is 23.1 Å². The number of halogens is 2. The summed E-state index contributed by atoms with van der Waals surface area (Å²) in [6.45, 7) is 3.63. The third-order valence-corrected chi connectivity index (χ3v) is 4.14. The maximum absolute atomic E-state index is 13.6. The molecule has 0 saturated carbocycles. The molecule has 0 unspecified atom stereocenters. The van der Waals surface area contributed by atoms with Crippen LogP contribution in [0.1, 0.15) is 30.3 Å². The molecule has 0 bridgehead atoms. The summed E-state index contributed by atoms with van der Waals surface area (Å²) in [5.74, 6) is -0.601. The Labute approximate surface area is 138 Å². The second kappa shape index (κ2) is 6.90. The Morgan fingerprint density at radius 3 is 2.58 bits per heavy atom. The Morgan fingerprint density at radius 2 is 1.96 bits per heavy atom. The van der Waals surface area contributed by atoms with Crippen LogP contribution in [-0.2, 0) is 0 Å². The minimum Gasteiger partial charge on any atom is -0.337 e. The second-order valence-electron chi connectivity index (χ2n) is 6.01. The molecule has 7 heteroatoms. The van der Waals surface area contributed by atoms with Gasteiger partial charge < -0.3 is 10.2 Å². The number of aromatic nitrogens is 2. The van der Waals surface area contributed by atoms with Gasteiger partial charge in [-0.05, 0) is 30.9 Å². The van der Waals surface area contributed by atoms with Gasteiger partial charge in [-0.15, -0.1) is 0 Å². The largest absolute Gasteiger partial charge is 0.337 e. The van der Waals surface area contributed by atoms with Crippen LogP contribution >= 0.6 is 0 Å². The first-order valence-corrected chi connectivity index (χ1v) is 7.86. The second-order valence-corrected chi connectivity index (χ2v) is 6.01. The molecule has 1 fully saturated rings.